The molecule has 0 fully saturated rings. The fourth-order valence-electron chi connectivity index (χ4n) is 1.79. The molecular formula is C14H17N3. The lowest BCUT2D eigenvalue weighted by Gasteiger charge is -2.12. The van der Waals surface area contributed by atoms with Gasteiger partial charge < -0.3 is 11.1 Å². The Morgan fingerprint density at radius 1 is 1.41 bits per heavy atom. The molecule has 0 spiro atoms. The molecule has 1 heterocycles. The molecule has 1 atom stereocenters. The molecule has 17 heavy (non-hydrogen) atoms. The van der Waals surface area contributed by atoms with E-state index in [0.717, 1.165) is 28.8 Å². The number of benzene rings is 1. The lowest BCUT2D eigenvalue weighted by molar-refractivity contribution is 0.809. The average molecular weight is 227 g/mol. The third-order valence-electron chi connectivity index (χ3n) is 2.63. The number of nitrogens with one attached hydrogen (secondary N) is 1. The highest BCUT2D eigenvalue weighted by atomic mass is 15.0. The van der Waals surface area contributed by atoms with Crippen LogP contribution in [0.1, 0.15) is 13.3 Å². The summed E-state index contributed by atoms with van der Waals surface area (Å²) in [7, 11) is 0. The first kappa shape index (κ1) is 11.5. The highest BCUT2D eigenvalue weighted by molar-refractivity contribution is 5.83. The third-order valence-corrected chi connectivity index (χ3v) is 2.63. The molecule has 3 nitrogen and oxygen atoms in total. The minimum Gasteiger partial charge on any atom is -0.399 e. The molecule has 1 unspecified atom stereocenters. The van der Waals surface area contributed by atoms with Gasteiger partial charge in [-0.15, -0.1) is 6.58 Å². The zero-order valence-corrected chi connectivity index (χ0v) is 9.98. The summed E-state index contributed by atoms with van der Waals surface area (Å²) in [6.07, 6.45) is 2.82. The Hall–Kier alpha value is -2.03. The van der Waals surface area contributed by atoms with Crippen LogP contribution < -0.4 is 11.1 Å². The first-order valence-electron chi connectivity index (χ1n) is 5.73. The Balaban J connectivity index is 2.25. The molecule has 0 amide bonds. The van der Waals surface area contributed by atoms with Crippen molar-refractivity contribution in [1.82, 2.24) is 4.98 Å². The Labute approximate surface area is 101 Å². The van der Waals surface area contributed by atoms with Crippen molar-refractivity contribution in [2.24, 2.45) is 0 Å². The highest BCUT2D eigenvalue weighted by Crippen LogP contribution is 2.18. The van der Waals surface area contributed by atoms with Crippen molar-refractivity contribution in [3.8, 4) is 0 Å². The van der Waals surface area contributed by atoms with E-state index in [9.17, 15) is 0 Å². The standard InChI is InChI=1S/C14H17N3/c1-3-4-10(2)16-14-8-5-11-9-12(15)6-7-13(11)17-14/h3,5-10H,1,4,15H2,2H3,(H,16,17). The maximum Gasteiger partial charge on any atom is 0.126 e. The zero-order chi connectivity index (χ0) is 12.3. The molecule has 3 N–H and O–H groups in total. The highest BCUT2D eigenvalue weighted by Gasteiger charge is 2.02. The first-order chi connectivity index (χ1) is 8.19. The van der Waals surface area contributed by atoms with Gasteiger partial charge in [0.1, 0.15) is 5.82 Å². The van der Waals surface area contributed by atoms with Crippen LogP contribution in [0.5, 0.6) is 0 Å². The summed E-state index contributed by atoms with van der Waals surface area (Å²) in [5, 5.41) is 4.40. The van der Waals surface area contributed by atoms with Gasteiger partial charge in [-0.1, -0.05) is 6.08 Å². The van der Waals surface area contributed by atoms with Gasteiger partial charge in [0.05, 0.1) is 5.52 Å². The van der Waals surface area contributed by atoms with Gasteiger partial charge in [0, 0.05) is 17.1 Å². The summed E-state index contributed by atoms with van der Waals surface area (Å²) in [4.78, 5) is 4.54. The molecule has 2 aromatic rings. The van der Waals surface area contributed by atoms with Gasteiger partial charge in [0.25, 0.3) is 0 Å². The van der Waals surface area contributed by atoms with E-state index in [2.05, 4.69) is 23.8 Å². The van der Waals surface area contributed by atoms with Gasteiger partial charge >= 0.3 is 0 Å². The summed E-state index contributed by atoms with van der Waals surface area (Å²) in [5.41, 5.74) is 7.45. The molecule has 1 aromatic heterocycles. The normalized spacial score (nSPS) is 12.3. The second kappa shape index (κ2) is 4.87. The quantitative estimate of drug-likeness (QED) is 0.623. The summed E-state index contributed by atoms with van der Waals surface area (Å²) in [6, 6.07) is 10.1. The molecule has 1 aromatic carbocycles. The lowest BCUT2D eigenvalue weighted by Crippen LogP contribution is -2.14. The molecule has 3 heteroatoms. The topological polar surface area (TPSA) is 50.9 Å². The number of nitrogens with two attached hydrogens (primary N) is 1. The van der Waals surface area contributed by atoms with Crippen LogP contribution in [-0.4, -0.2) is 11.0 Å². The van der Waals surface area contributed by atoms with Gasteiger partial charge in [0.2, 0.25) is 0 Å². The maximum absolute atomic E-state index is 5.73. The van der Waals surface area contributed by atoms with E-state index in [1.165, 1.54) is 0 Å². The van der Waals surface area contributed by atoms with E-state index in [4.69, 9.17) is 5.73 Å². The number of nitrogen functional groups attached to an aromatic ring is 1. The fraction of sp³-hybridized carbons (Fsp3) is 0.214. The van der Waals surface area contributed by atoms with Crippen molar-refractivity contribution in [1.29, 1.82) is 0 Å². The number of pyridine rings is 1. The number of hydrogen-bond acceptors (Lipinski definition) is 3. The van der Waals surface area contributed by atoms with Crippen LogP contribution in [0, 0.1) is 0 Å². The summed E-state index contributed by atoms with van der Waals surface area (Å²) < 4.78 is 0. The molecule has 88 valence electrons. The van der Waals surface area contributed by atoms with E-state index in [0.29, 0.717) is 6.04 Å². The number of rotatable bonds is 4. The minimum absolute atomic E-state index is 0.339. The smallest absolute Gasteiger partial charge is 0.126 e. The van der Waals surface area contributed by atoms with Gasteiger partial charge in [-0.2, -0.15) is 0 Å². The minimum atomic E-state index is 0.339. The second-order valence-corrected chi connectivity index (χ2v) is 4.22. The maximum atomic E-state index is 5.73. The molecule has 2 rings (SSSR count). The van der Waals surface area contributed by atoms with Crippen molar-refractivity contribution >= 4 is 22.4 Å². The van der Waals surface area contributed by atoms with Crippen LogP contribution in [0.3, 0.4) is 0 Å². The third kappa shape index (κ3) is 2.75. The van der Waals surface area contributed by atoms with E-state index in [-0.39, 0.29) is 0 Å². The molecule has 0 aliphatic carbocycles. The summed E-state index contributed by atoms with van der Waals surface area (Å²) in [5.74, 6) is 0.886. The molecule has 0 radical (unpaired) electrons. The molecule has 0 saturated carbocycles. The van der Waals surface area contributed by atoms with Gasteiger partial charge in [-0.05, 0) is 43.7 Å². The Bertz CT molecular complexity index is 534. The largest absolute Gasteiger partial charge is 0.399 e. The number of fused-ring (bicyclic) bond motifs is 1. The number of hydrogen-bond donors (Lipinski definition) is 2. The van der Waals surface area contributed by atoms with E-state index >= 15 is 0 Å². The second-order valence-electron chi connectivity index (χ2n) is 4.22. The molecule has 0 bridgehead atoms. The Kier molecular flexibility index (Phi) is 3.28. The van der Waals surface area contributed by atoms with Crippen molar-refractivity contribution in [3.63, 3.8) is 0 Å². The Morgan fingerprint density at radius 2 is 2.24 bits per heavy atom. The fourth-order valence-corrected chi connectivity index (χ4v) is 1.79. The van der Waals surface area contributed by atoms with Crippen molar-refractivity contribution in [2.45, 2.75) is 19.4 Å². The van der Waals surface area contributed by atoms with Crippen molar-refractivity contribution in [2.75, 3.05) is 11.1 Å². The average Bonchev–Trinajstić information content (AvgIpc) is 2.29. The van der Waals surface area contributed by atoms with Crippen molar-refractivity contribution < 1.29 is 0 Å². The SMILES string of the molecule is C=CCC(C)Nc1ccc2cc(N)ccc2n1. The van der Waals surface area contributed by atoms with Crippen LogP contribution >= 0.6 is 0 Å². The number of anilines is 2. The predicted octanol–water partition coefficient (Wildman–Crippen LogP) is 3.19. The van der Waals surface area contributed by atoms with Crippen LogP contribution in [0.4, 0.5) is 11.5 Å². The van der Waals surface area contributed by atoms with Crippen LogP contribution in [0.15, 0.2) is 43.0 Å². The number of aromatic nitrogens is 1. The Morgan fingerprint density at radius 3 is 3.00 bits per heavy atom. The number of nitrogens with zero attached hydrogens (tertiary/aromatic N) is 1. The van der Waals surface area contributed by atoms with Crippen LogP contribution in [-0.2, 0) is 0 Å². The zero-order valence-electron chi connectivity index (χ0n) is 9.98. The van der Waals surface area contributed by atoms with E-state index in [1.807, 2.05) is 36.4 Å². The molecule has 0 aliphatic heterocycles. The lowest BCUT2D eigenvalue weighted by atomic mass is 10.2. The predicted molar refractivity (Wildman–Crippen MR) is 74.1 cm³/mol. The van der Waals surface area contributed by atoms with Crippen molar-refractivity contribution in [3.05, 3.63) is 43.0 Å². The van der Waals surface area contributed by atoms with Crippen LogP contribution in [0.25, 0.3) is 10.9 Å². The molecular weight excluding hydrogens is 210 g/mol. The first-order valence-corrected chi connectivity index (χ1v) is 5.73. The van der Waals surface area contributed by atoms with Gasteiger partial charge in [-0.3, -0.25) is 0 Å². The van der Waals surface area contributed by atoms with Gasteiger partial charge in [-0.25, -0.2) is 4.98 Å². The monoisotopic (exact) mass is 227 g/mol. The van der Waals surface area contributed by atoms with E-state index < -0.39 is 0 Å². The molecule has 0 aliphatic rings. The summed E-state index contributed by atoms with van der Waals surface area (Å²) >= 11 is 0. The van der Waals surface area contributed by atoms with E-state index in [1.54, 1.807) is 0 Å². The van der Waals surface area contributed by atoms with Crippen LogP contribution in [0.2, 0.25) is 0 Å². The summed E-state index contributed by atoms with van der Waals surface area (Å²) in [6.45, 7) is 5.84. The molecule has 0 saturated heterocycles. The van der Waals surface area contributed by atoms with Gasteiger partial charge in [0.15, 0.2) is 0 Å².